The van der Waals surface area contributed by atoms with Crippen molar-refractivity contribution < 1.29 is 14.3 Å². The molecule has 1 aromatic heterocycles. The number of urea groups is 1. The van der Waals surface area contributed by atoms with Gasteiger partial charge in [-0.05, 0) is 31.2 Å². The molecule has 1 fully saturated rings. The Bertz CT molecular complexity index is 796. The lowest BCUT2D eigenvalue weighted by molar-refractivity contribution is 0.0663. The molecule has 2 aromatic rings. The lowest BCUT2D eigenvalue weighted by Crippen LogP contribution is -2.53. The number of benzene rings is 1. The molecule has 144 valence electrons. The molecule has 2 heterocycles. The predicted molar refractivity (Wildman–Crippen MR) is 98.4 cm³/mol. The van der Waals surface area contributed by atoms with Crippen LogP contribution in [0.4, 0.5) is 4.79 Å². The summed E-state index contributed by atoms with van der Waals surface area (Å²) >= 11 is 0. The summed E-state index contributed by atoms with van der Waals surface area (Å²) < 4.78 is 6.75. The fourth-order valence-electron chi connectivity index (χ4n) is 3.07. The van der Waals surface area contributed by atoms with E-state index in [2.05, 4.69) is 15.4 Å². The number of amides is 3. The minimum Gasteiger partial charge on any atom is -0.497 e. The second kappa shape index (κ2) is 8.07. The summed E-state index contributed by atoms with van der Waals surface area (Å²) in [4.78, 5) is 32.7. The number of ether oxygens (including phenoxy) is 1. The van der Waals surface area contributed by atoms with Gasteiger partial charge in [-0.2, -0.15) is 5.10 Å². The number of carbonyl (C=O) groups excluding carboxylic acids is 2. The molecule has 3 rings (SSSR count). The summed E-state index contributed by atoms with van der Waals surface area (Å²) in [5, 5.41) is 6.94. The van der Waals surface area contributed by atoms with Crippen LogP contribution in [0.1, 0.15) is 29.1 Å². The van der Waals surface area contributed by atoms with Crippen molar-refractivity contribution in [2.24, 2.45) is 7.05 Å². The van der Waals surface area contributed by atoms with Crippen molar-refractivity contribution in [3.63, 3.8) is 0 Å². The van der Waals surface area contributed by atoms with E-state index in [0.29, 0.717) is 43.3 Å². The topological polar surface area (TPSA) is 92.6 Å². The highest BCUT2D eigenvalue weighted by atomic mass is 16.5. The average molecular weight is 372 g/mol. The van der Waals surface area contributed by atoms with Crippen LogP contribution in [0.3, 0.4) is 0 Å². The van der Waals surface area contributed by atoms with E-state index in [-0.39, 0.29) is 18.0 Å². The maximum Gasteiger partial charge on any atom is 0.318 e. The Labute approximate surface area is 157 Å². The van der Waals surface area contributed by atoms with Crippen LogP contribution >= 0.6 is 0 Å². The third-order valence-electron chi connectivity index (χ3n) is 4.66. The van der Waals surface area contributed by atoms with Crippen molar-refractivity contribution in [1.82, 2.24) is 29.9 Å². The van der Waals surface area contributed by atoms with Gasteiger partial charge in [0, 0.05) is 38.8 Å². The second-order valence-corrected chi connectivity index (χ2v) is 6.42. The molecule has 27 heavy (non-hydrogen) atoms. The average Bonchev–Trinajstić information content (AvgIpc) is 3.13. The van der Waals surface area contributed by atoms with Crippen LogP contribution in [0.15, 0.2) is 30.6 Å². The summed E-state index contributed by atoms with van der Waals surface area (Å²) in [6, 6.07) is 6.63. The summed E-state index contributed by atoms with van der Waals surface area (Å²) in [6.45, 7) is 3.83. The maximum absolute atomic E-state index is 12.6. The molecule has 0 bridgehead atoms. The van der Waals surface area contributed by atoms with Gasteiger partial charge in [-0.25, -0.2) is 9.78 Å². The third kappa shape index (κ3) is 4.18. The molecule has 9 heteroatoms. The van der Waals surface area contributed by atoms with Crippen LogP contribution in [0, 0.1) is 0 Å². The van der Waals surface area contributed by atoms with Crippen LogP contribution in [0.2, 0.25) is 0 Å². The molecular formula is C18H24N6O3. The van der Waals surface area contributed by atoms with Crippen LogP contribution in [0.25, 0.3) is 0 Å². The molecular weight excluding hydrogens is 348 g/mol. The van der Waals surface area contributed by atoms with Gasteiger partial charge in [0.1, 0.15) is 17.9 Å². The van der Waals surface area contributed by atoms with Gasteiger partial charge in [-0.15, -0.1) is 0 Å². The van der Waals surface area contributed by atoms with Crippen molar-refractivity contribution in [2.45, 2.75) is 13.0 Å². The first-order valence-electron chi connectivity index (χ1n) is 8.82. The van der Waals surface area contributed by atoms with Gasteiger partial charge in [0.05, 0.1) is 13.2 Å². The first kappa shape index (κ1) is 18.7. The fraction of sp³-hybridized carbons (Fsp3) is 0.444. The van der Waals surface area contributed by atoms with Gasteiger partial charge in [0.25, 0.3) is 5.91 Å². The summed E-state index contributed by atoms with van der Waals surface area (Å²) in [6.07, 6.45) is 1.46. The Morgan fingerprint density at radius 2 is 1.74 bits per heavy atom. The third-order valence-corrected chi connectivity index (χ3v) is 4.66. The summed E-state index contributed by atoms with van der Waals surface area (Å²) in [5.74, 6) is 1.37. The number of carbonyl (C=O) groups is 2. The van der Waals surface area contributed by atoms with Crippen molar-refractivity contribution in [3.8, 4) is 5.75 Å². The van der Waals surface area contributed by atoms with Gasteiger partial charge < -0.3 is 19.9 Å². The number of piperazine rings is 1. The van der Waals surface area contributed by atoms with E-state index in [1.165, 1.54) is 6.33 Å². The van der Waals surface area contributed by atoms with Crippen molar-refractivity contribution in [1.29, 1.82) is 0 Å². The molecule has 0 radical (unpaired) electrons. The number of methoxy groups -OCH3 is 1. The molecule has 1 aromatic carbocycles. The zero-order chi connectivity index (χ0) is 19.4. The second-order valence-electron chi connectivity index (χ2n) is 6.42. The number of aryl methyl sites for hydroxylation is 1. The molecule has 1 saturated heterocycles. The minimum absolute atomic E-state index is 0.0369. The largest absolute Gasteiger partial charge is 0.497 e. The molecule has 1 N–H and O–H groups in total. The Kier molecular flexibility index (Phi) is 5.58. The first-order chi connectivity index (χ1) is 13.0. The van der Waals surface area contributed by atoms with Crippen molar-refractivity contribution in [2.75, 3.05) is 33.3 Å². The van der Waals surface area contributed by atoms with Gasteiger partial charge in [0.15, 0.2) is 0 Å². The number of nitrogens with one attached hydrogen (secondary N) is 1. The van der Waals surface area contributed by atoms with Crippen molar-refractivity contribution in [3.05, 3.63) is 42.0 Å². The van der Waals surface area contributed by atoms with E-state index in [0.717, 1.165) is 0 Å². The van der Waals surface area contributed by atoms with Crippen LogP contribution in [0.5, 0.6) is 5.75 Å². The highest BCUT2D eigenvalue weighted by Gasteiger charge is 2.26. The van der Waals surface area contributed by atoms with Crippen LogP contribution in [-0.4, -0.2) is 69.8 Å². The minimum atomic E-state index is -0.246. The highest BCUT2D eigenvalue weighted by molar-refractivity contribution is 5.94. The quantitative estimate of drug-likeness (QED) is 0.866. The summed E-state index contributed by atoms with van der Waals surface area (Å²) in [7, 11) is 3.38. The number of hydrogen-bond donors (Lipinski definition) is 1. The Hall–Kier alpha value is -3.10. The standard InChI is InChI=1S/C18H24N6O3/c1-13(16-19-12-20-22(16)2)21-18(26)24-10-8-23(9-11-24)17(25)14-4-6-15(27-3)7-5-14/h4-7,12-13H,8-11H2,1-3H3,(H,21,26). The molecule has 0 saturated carbocycles. The molecule has 3 amide bonds. The number of hydrogen-bond acceptors (Lipinski definition) is 5. The zero-order valence-corrected chi connectivity index (χ0v) is 15.8. The molecule has 9 nitrogen and oxygen atoms in total. The Balaban J connectivity index is 1.52. The SMILES string of the molecule is COc1ccc(C(=O)N2CCN(C(=O)NC(C)c3ncnn3C)CC2)cc1. The Morgan fingerprint density at radius 3 is 2.30 bits per heavy atom. The lowest BCUT2D eigenvalue weighted by atomic mass is 10.1. The first-order valence-corrected chi connectivity index (χ1v) is 8.82. The number of aromatic nitrogens is 3. The van der Waals surface area contributed by atoms with E-state index in [1.807, 2.05) is 6.92 Å². The van der Waals surface area contributed by atoms with Gasteiger partial charge >= 0.3 is 6.03 Å². The normalized spacial score (nSPS) is 15.4. The smallest absolute Gasteiger partial charge is 0.318 e. The predicted octanol–water partition coefficient (Wildman–Crippen LogP) is 1.05. The van der Waals surface area contributed by atoms with E-state index < -0.39 is 0 Å². The highest BCUT2D eigenvalue weighted by Crippen LogP contribution is 2.15. The van der Waals surface area contributed by atoms with Gasteiger partial charge in [0.2, 0.25) is 0 Å². The van der Waals surface area contributed by atoms with Crippen molar-refractivity contribution >= 4 is 11.9 Å². The van der Waals surface area contributed by atoms with E-state index in [1.54, 1.807) is 52.9 Å². The lowest BCUT2D eigenvalue weighted by Gasteiger charge is -2.35. The maximum atomic E-state index is 12.6. The molecule has 1 aliphatic heterocycles. The Morgan fingerprint density at radius 1 is 1.11 bits per heavy atom. The van der Waals surface area contributed by atoms with Gasteiger partial charge in [-0.3, -0.25) is 9.48 Å². The number of rotatable bonds is 4. The van der Waals surface area contributed by atoms with Crippen LogP contribution in [-0.2, 0) is 7.05 Å². The van der Waals surface area contributed by atoms with Gasteiger partial charge in [-0.1, -0.05) is 0 Å². The molecule has 1 atom stereocenters. The monoisotopic (exact) mass is 372 g/mol. The molecule has 0 aliphatic carbocycles. The molecule has 1 unspecified atom stereocenters. The molecule has 0 spiro atoms. The van der Waals surface area contributed by atoms with E-state index in [4.69, 9.17) is 4.74 Å². The van der Waals surface area contributed by atoms with Crippen LogP contribution < -0.4 is 10.1 Å². The summed E-state index contributed by atoms with van der Waals surface area (Å²) in [5.41, 5.74) is 0.615. The fourth-order valence-corrected chi connectivity index (χ4v) is 3.07. The van der Waals surface area contributed by atoms with E-state index >= 15 is 0 Å². The number of nitrogens with zero attached hydrogens (tertiary/aromatic N) is 5. The van der Waals surface area contributed by atoms with E-state index in [9.17, 15) is 9.59 Å². The zero-order valence-electron chi connectivity index (χ0n) is 15.8. The molecule has 1 aliphatic rings.